The third kappa shape index (κ3) is 3.02. The lowest BCUT2D eigenvalue weighted by Crippen LogP contribution is -2.35. The Kier molecular flexibility index (Phi) is 3.71. The summed E-state index contributed by atoms with van der Waals surface area (Å²) in [6.45, 7) is 0.570. The van der Waals surface area contributed by atoms with Gasteiger partial charge in [0.05, 0.1) is 18.0 Å². The lowest BCUT2D eigenvalue weighted by Gasteiger charge is -2.10. The number of amides is 1. The number of nitriles is 1. The molecular weight excluding hydrogens is 284 g/mol. The van der Waals surface area contributed by atoms with Crippen LogP contribution >= 0.6 is 15.9 Å². The van der Waals surface area contributed by atoms with Crippen LogP contribution in [0.5, 0.6) is 0 Å². The number of nitrogens with zero attached hydrogens (tertiary/aromatic N) is 2. The van der Waals surface area contributed by atoms with Crippen molar-refractivity contribution in [3.05, 3.63) is 22.8 Å². The molecule has 0 aliphatic carbocycles. The molecule has 1 saturated heterocycles. The van der Waals surface area contributed by atoms with Gasteiger partial charge in [-0.25, -0.2) is 4.98 Å². The normalized spacial score (nSPS) is 23.1. The van der Waals surface area contributed by atoms with Crippen LogP contribution in [0.3, 0.4) is 0 Å². The Morgan fingerprint density at radius 3 is 3.12 bits per heavy atom. The third-order valence-corrected chi connectivity index (χ3v) is 3.04. The second-order valence-corrected chi connectivity index (χ2v) is 4.67. The molecule has 0 aromatic carbocycles. The van der Waals surface area contributed by atoms with E-state index in [0.717, 1.165) is 0 Å². The van der Waals surface area contributed by atoms with Crippen molar-refractivity contribution in [3.63, 3.8) is 0 Å². The fourth-order valence-corrected chi connectivity index (χ4v) is 2.07. The van der Waals surface area contributed by atoms with Crippen molar-refractivity contribution < 1.29 is 4.79 Å². The number of hydrogen-bond donors (Lipinski definition) is 2. The summed E-state index contributed by atoms with van der Waals surface area (Å²) < 4.78 is 0.671. The van der Waals surface area contributed by atoms with E-state index in [4.69, 9.17) is 5.26 Å². The SMILES string of the molecule is N#C[C@@H]1CN[C@H](C(=O)Nc2cccc(Br)n2)C1. The van der Waals surface area contributed by atoms with Crippen molar-refractivity contribution >= 4 is 27.7 Å². The van der Waals surface area contributed by atoms with Gasteiger partial charge in [-0.05, 0) is 34.5 Å². The number of aromatic nitrogens is 1. The first-order valence-corrected chi connectivity index (χ1v) is 6.05. The van der Waals surface area contributed by atoms with Gasteiger partial charge in [0.25, 0.3) is 0 Å². The summed E-state index contributed by atoms with van der Waals surface area (Å²) in [4.78, 5) is 16.0. The summed E-state index contributed by atoms with van der Waals surface area (Å²) in [5.41, 5.74) is 0. The zero-order valence-corrected chi connectivity index (χ0v) is 10.6. The quantitative estimate of drug-likeness (QED) is 0.806. The van der Waals surface area contributed by atoms with Crippen LogP contribution in [0.15, 0.2) is 22.8 Å². The second kappa shape index (κ2) is 5.25. The van der Waals surface area contributed by atoms with E-state index >= 15 is 0 Å². The van der Waals surface area contributed by atoms with Crippen molar-refractivity contribution in [2.75, 3.05) is 11.9 Å². The van der Waals surface area contributed by atoms with Crippen LogP contribution in [0.2, 0.25) is 0 Å². The molecule has 0 bridgehead atoms. The predicted molar refractivity (Wildman–Crippen MR) is 66.1 cm³/mol. The van der Waals surface area contributed by atoms with E-state index in [9.17, 15) is 4.79 Å². The molecule has 17 heavy (non-hydrogen) atoms. The van der Waals surface area contributed by atoms with E-state index in [1.54, 1.807) is 18.2 Å². The van der Waals surface area contributed by atoms with Gasteiger partial charge in [0.1, 0.15) is 10.4 Å². The van der Waals surface area contributed by atoms with Crippen LogP contribution in [0.25, 0.3) is 0 Å². The van der Waals surface area contributed by atoms with E-state index in [-0.39, 0.29) is 17.9 Å². The van der Waals surface area contributed by atoms with Crippen molar-refractivity contribution in [1.82, 2.24) is 10.3 Å². The first-order chi connectivity index (χ1) is 8.19. The monoisotopic (exact) mass is 294 g/mol. The highest BCUT2D eigenvalue weighted by Crippen LogP contribution is 2.15. The lowest BCUT2D eigenvalue weighted by molar-refractivity contribution is -0.117. The lowest BCUT2D eigenvalue weighted by atomic mass is 10.1. The summed E-state index contributed by atoms with van der Waals surface area (Å²) in [5.74, 6) is 0.279. The van der Waals surface area contributed by atoms with Crippen LogP contribution in [0.4, 0.5) is 5.82 Å². The summed E-state index contributed by atoms with van der Waals surface area (Å²) in [7, 11) is 0. The van der Waals surface area contributed by atoms with Gasteiger partial charge in [-0.1, -0.05) is 6.07 Å². The first-order valence-electron chi connectivity index (χ1n) is 5.25. The highest BCUT2D eigenvalue weighted by molar-refractivity contribution is 9.10. The zero-order valence-electron chi connectivity index (χ0n) is 8.98. The minimum Gasteiger partial charge on any atom is -0.309 e. The molecular formula is C11H11BrN4O. The van der Waals surface area contributed by atoms with Crippen molar-refractivity contribution in [2.45, 2.75) is 12.5 Å². The molecule has 1 aromatic heterocycles. The van der Waals surface area contributed by atoms with Gasteiger partial charge in [0.15, 0.2) is 0 Å². The Balaban J connectivity index is 1.96. The van der Waals surface area contributed by atoms with E-state index < -0.39 is 0 Å². The fourth-order valence-electron chi connectivity index (χ4n) is 1.73. The molecule has 5 nitrogen and oxygen atoms in total. The Hall–Kier alpha value is -1.45. The Morgan fingerprint density at radius 2 is 2.47 bits per heavy atom. The molecule has 2 heterocycles. The highest BCUT2D eigenvalue weighted by atomic mass is 79.9. The average molecular weight is 295 g/mol. The van der Waals surface area contributed by atoms with Gasteiger partial charge >= 0.3 is 0 Å². The number of hydrogen-bond acceptors (Lipinski definition) is 4. The summed E-state index contributed by atoms with van der Waals surface area (Å²) in [6, 6.07) is 7.16. The molecule has 0 saturated carbocycles. The average Bonchev–Trinajstić information content (AvgIpc) is 2.77. The number of carbonyl (C=O) groups excluding carboxylic acids is 1. The molecule has 1 amide bonds. The highest BCUT2D eigenvalue weighted by Gasteiger charge is 2.29. The molecule has 1 fully saturated rings. The first kappa shape index (κ1) is 12.0. The standard InChI is InChI=1S/C11H11BrN4O/c12-9-2-1-3-10(15-9)16-11(17)8-4-7(5-13)6-14-8/h1-3,7-8,14H,4,6H2,(H,15,16,17)/t7-,8+/m1/s1. The van der Waals surface area contributed by atoms with Crippen LogP contribution < -0.4 is 10.6 Å². The van der Waals surface area contributed by atoms with E-state index in [0.29, 0.717) is 23.4 Å². The van der Waals surface area contributed by atoms with Gasteiger partial charge in [-0.2, -0.15) is 5.26 Å². The Morgan fingerprint density at radius 1 is 1.65 bits per heavy atom. The van der Waals surface area contributed by atoms with Gasteiger partial charge in [-0.15, -0.1) is 0 Å². The molecule has 0 radical (unpaired) electrons. The van der Waals surface area contributed by atoms with E-state index in [1.807, 2.05) is 0 Å². The number of anilines is 1. The number of pyridine rings is 1. The minimum absolute atomic E-state index is 0.0822. The third-order valence-electron chi connectivity index (χ3n) is 2.60. The molecule has 1 aromatic rings. The molecule has 1 aliphatic heterocycles. The number of halogens is 1. The predicted octanol–water partition coefficient (Wildman–Crippen LogP) is 1.28. The molecule has 2 rings (SSSR count). The molecule has 6 heteroatoms. The summed E-state index contributed by atoms with van der Waals surface area (Å²) in [5, 5.41) is 14.5. The van der Waals surface area contributed by atoms with Crippen molar-refractivity contribution in [1.29, 1.82) is 5.26 Å². The van der Waals surface area contributed by atoms with Crippen LogP contribution in [0, 0.1) is 17.2 Å². The van der Waals surface area contributed by atoms with Crippen LogP contribution in [0.1, 0.15) is 6.42 Å². The number of carbonyl (C=O) groups is 1. The maximum atomic E-state index is 11.8. The Labute approximate surface area is 107 Å². The maximum Gasteiger partial charge on any atom is 0.242 e. The largest absolute Gasteiger partial charge is 0.309 e. The topological polar surface area (TPSA) is 77.8 Å². The minimum atomic E-state index is -0.305. The zero-order chi connectivity index (χ0) is 12.3. The van der Waals surface area contributed by atoms with Gasteiger partial charge < -0.3 is 10.6 Å². The summed E-state index contributed by atoms with van der Waals surface area (Å²) >= 11 is 3.24. The van der Waals surface area contributed by atoms with Crippen LogP contribution in [-0.2, 0) is 4.79 Å². The Bertz CT molecular complexity index is 471. The molecule has 2 atom stereocenters. The van der Waals surface area contributed by atoms with Gasteiger partial charge in [0.2, 0.25) is 5.91 Å². The molecule has 1 aliphatic rings. The molecule has 88 valence electrons. The molecule has 0 spiro atoms. The fraction of sp³-hybridized carbons (Fsp3) is 0.364. The van der Waals surface area contributed by atoms with E-state index in [2.05, 4.69) is 37.6 Å². The maximum absolute atomic E-state index is 11.8. The van der Waals surface area contributed by atoms with E-state index in [1.165, 1.54) is 0 Å². The molecule has 2 N–H and O–H groups in total. The number of rotatable bonds is 2. The second-order valence-electron chi connectivity index (χ2n) is 3.86. The van der Waals surface area contributed by atoms with Gasteiger partial charge in [0, 0.05) is 6.54 Å². The van der Waals surface area contributed by atoms with Crippen LogP contribution in [-0.4, -0.2) is 23.5 Å². The summed E-state index contributed by atoms with van der Waals surface area (Å²) in [6.07, 6.45) is 0.552. The van der Waals surface area contributed by atoms with Crippen molar-refractivity contribution in [2.24, 2.45) is 5.92 Å². The smallest absolute Gasteiger partial charge is 0.242 e. The van der Waals surface area contributed by atoms with Crippen molar-refractivity contribution in [3.8, 4) is 6.07 Å². The molecule has 0 unspecified atom stereocenters. The van der Waals surface area contributed by atoms with Gasteiger partial charge in [-0.3, -0.25) is 4.79 Å². The number of nitrogens with one attached hydrogen (secondary N) is 2.